The van der Waals surface area contributed by atoms with Crippen molar-refractivity contribution in [2.75, 3.05) is 51.5 Å². The highest BCUT2D eigenvalue weighted by Crippen LogP contribution is 2.46. The molecule has 11 nitrogen and oxygen atoms in total. The van der Waals surface area contributed by atoms with Gasteiger partial charge in [-0.3, -0.25) is 14.4 Å². The monoisotopic (exact) mass is 629 g/mol. The zero-order chi connectivity index (χ0) is 31.2. The molecule has 1 aromatic rings. The van der Waals surface area contributed by atoms with Crippen molar-refractivity contribution >= 4 is 41.4 Å². The molecule has 1 aliphatic rings. The van der Waals surface area contributed by atoms with E-state index in [-0.39, 0.29) is 41.8 Å². The van der Waals surface area contributed by atoms with Gasteiger partial charge >= 0.3 is 11.9 Å². The van der Waals surface area contributed by atoms with Crippen molar-refractivity contribution in [2.45, 2.75) is 75.8 Å². The molecule has 1 heterocycles. The Morgan fingerprint density at radius 2 is 1.71 bits per heavy atom. The summed E-state index contributed by atoms with van der Waals surface area (Å²) in [7, 11) is 1.78. The van der Waals surface area contributed by atoms with Gasteiger partial charge in [-0.1, -0.05) is 44.2 Å². The number of carbonyl (C=O) groups excluding carboxylic acids is 3. The summed E-state index contributed by atoms with van der Waals surface area (Å²) in [6.07, 6.45) is 4.76. The van der Waals surface area contributed by atoms with Crippen LogP contribution in [0.25, 0.3) is 0 Å². The molecule has 1 saturated heterocycles. The van der Waals surface area contributed by atoms with E-state index in [4.69, 9.17) is 9.47 Å². The van der Waals surface area contributed by atoms with Gasteiger partial charge in [-0.2, -0.15) is 0 Å². The summed E-state index contributed by atoms with van der Waals surface area (Å²) in [5, 5.41) is 12.2. The van der Waals surface area contributed by atoms with E-state index in [2.05, 4.69) is 29.2 Å². The van der Waals surface area contributed by atoms with Crippen molar-refractivity contribution < 1.29 is 33.8 Å². The van der Waals surface area contributed by atoms with Crippen LogP contribution in [0.15, 0.2) is 30.3 Å². The Bertz CT molecular complexity index is 933. The fourth-order valence-electron chi connectivity index (χ4n) is 4.14. The molecule has 2 rings (SSSR count). The van der Waals surface area contributed by atoms with Gasteiger partial charge in [0.15, 0.2) is 0 Å². The number of hydrogen-bond donors (Lipinski definition) is 1. The highest BCUT2D eigenvalue weighted by Gasteiger charge is 2.37. The number of ether oxygens (including phenoxy) is 2. The summed E-state index contributed by atoms with van der Waals surface area (Å²) in [6, 6.07) is 9.93. The fourth-order valence-corrected chi connectivity index (χ4v) is 7.28. The SMILES string of the molecule is CCC(=O)N(CC(=O)OCCCCCO[N+](=O)[O-])CC1(CC)SCCS1.CCOC(=O)C(CCc1ccccc1)NC. The van der Waals surface area contributed by atoms with E-state index in [0.717, 1.165) is 30.8 Å². The van der Waals surface area contributed by atoms with Gasteiger partial charge in [-0.25, -0.2) is 0 Å². The summed E-state index contributed by atoms with van der Waals surface area (Å²) >= 11 is 3.72. The number of nitrogens with one attached hydrogen (secondary N) is 1. The molecular formula is C29H47N3O8S2. The smallest absolute Gasteiger partial charge is 0.325 e. The first-order chi connectivity index (χ1) is 20.2. The number of thioether (sulfide) groups is 2. The maximum absolute atomic E-state index is 12.2. The molecule has 1 aliphatic heterocycles. The van der Waals surface area contributed by atoms with Crippen LogP contribution in [0.1, 0.15) is 64.9 Å². The van der Waals surface area contributed by atoms with E-state index in [1.807, 2.05) is 48.6 Å². The van der Waals surface area contributed by atoms with E-state index < -0.39 is 11.1 Å². The first-order valence-electron chi connectivity index (χ1n) is 14.6. The molecule has 0 saturated carbocycles. The molecule has 1 fully saturated rings. The predicted octanol–water partition coefficient (Wildman–Crippen LogP) is 4.50. The minimum absolute atomic E-state index is 0.0257. The van der Waals surface area contributed by atoms with Crippen LogP contribution < -0.4 is 5.32 Å². The molecule has 42 heavy (non-hydrogen) atoms. The number of likely N-dealkylation sites (N-methyl/N-ethyl adjacent to an activating group) is 1. The molecule has 238 valence electrons. The lowest BCUT2D eigenvalue weighted by atomic mass is 10.1. The zero-order valence-electron chi connectivity index (χ0n) is 25.3. The van der Waals surface area contributed by atoms with Crippen molar-refractivity contribution in [3.63, 3.8) is 0 Å². The van der Waals surface area contributed by atoms with Crippen LogP contribution >= 0.6 is 23.5 Å². The van der Waals surface area contributed by atoms with Crippen molar-refractivity contribution in [2.24, 2.45) is 0 Å². The normalized spacial score (nSPS) is 14.2. The maximum Gasteiger partial charge on any atom is 0.325 e. The Morgan fingerprint density at radius 1 is 1.05 bits per heavy atom. The number of nitrogens with zero attached hydrogens (tertiary/aromatic N) is 2. The molecule has 0 aromatic heterocycles. The van der Waals surface area contributed by atoms with Crippen LogP contribution in [0.3, 0.4) is 0 Å². The average Bonchev–Trinajstić information content (AvgIpc) is 3.46. The third-order valence-electron chi connectivity index (χ3n) is 6.49. The molecule has 13 heteroatoms. The molecule has 1 unspecified atom stereocenters. The molecule has 0 aliphatic carbocycles. The average molecular weight is 630 g/mol. The van der Waals surface area contributed by atoms with E-state index in [1.54, 1.807) is 18.9 Å². The van der Waals surface area contributed by atoms with Crippen LogP contribution in [0, 0.1) is 10.1 Å². The minimum atomic E-state index is -0.816. The summed E-state index contributed by atoms with van der Waals surface area (Å²) in [5.74, 6) is 1.52. The van der Waals surface area contributed by atoms with Gasteiger partial charge in [0.25, 0.3) is 5.09 Å². The van der Waals surface area contributed by atoms with Crippen molar-refractivity contribution in [3.8, 4) is 0 Å². The van der Waals surface area contributed by atoms with Crippen LogP contribution in [0.2, 0.25) is 0 Å². The standard InChI is InChI=1S/C16H28N2O6S2.C13H19NO2/c1-3-14(19)17(13-16(4-2)25-10-11-26-16)12-15(20)23-8-6-5-7-9-24-18(21)22;1-3-16-13(15)12(14-2)10-9-11-7-5-4-6-8-11/h3-13H2,1-2H3;4-8,12,14H,3,9-10H2,1-2H3. The molecular weight excluding hydrogens is 582 g/mol. The second-order valence-corrected chi connectivity index (χ2v) is 12.7. The Labute approximate surface area is 258 Å². The topological polar surface area (TPSA) is 137 Å². The first-order valence-corrected chi connectivity index (χ1v) is 16.5. The Kier molecular flexibility index (Phi) is 19.7. The minimum Gasteiger partial charge on any atom is -0.465 e. The number of aryl methyl sites for hydroxylation is 1. The number of amides is 1. The number of carbonyl (C=O) groups is 3. The van der Waals surface area contributed by atoms with Crippen LogP contribution in [-0.4, -0.2) is 89.4 Å². The number of unbranched alkanes of at least 4 members (excludes halogenated alkanes) is 2. The maximum atomic E-state index is 12.2. The molecule has 1 amide bonds. The van der Waals surface area contributed by atoms with Gasteiger partial charge in [0.2, 0.25) is 5.91 Å². The third-order valence-corrected chi connectivity index (χ3v) is 10.2. The van der Waals surface area contributed by atoms with E-state index >= 15 is 0 Å². The highest BCUT2D eigenvalue weighted by molar-refractivity contribution is 8.21. The summed E-state index contributed by atoms with van der Waals surface area (Å²) < 4.78 is 10.2. The molecule has 1 N–H and O–H groups in total. The highest BCUT2D eigenvalue weighted by atomic mass is 32.2. The number of hydrogen-bond acceptors (Lipinski definition) is 11. The van der Waals surface area contributed by atoms with Gasteiger partial charge in [0.1, 0.15) is 12.6 Å². The van der Waals surface area contributed by atoms with Crippen molar-refractivity contribution in [1.29, 1.82) is 0 Å². The van der Waals surface area contributed by atoms with Gasteiger partial charge < -0.3 is 24.5 Å². The van der Waals surface area contributed by atoms with Crippen molar-refractivity contribution in [3.05, 3.63) is 46.0 Å². The van der Waals surface area contributed by atoms with Crippen LogP contribution in [0.5, 0.6) is 0 Å². The molecule has 0 bridgehead atoms. The van der Waals surface area contributed by atoms with Gasteiger partial charge in [0.05, 0.1) is 23.9 Å². The van der Waals surface area contributed by atoms with Gasteiger partial charge in [-0.15, -0.1) is 33.6 Å². The lowest BCUT2D eigenvalue weighted by Gasteiger charge is -2.32. The Morgan fingerprint density at radius 3 is 2.29 bits per heavy atom. The fraction of sp³-hybridized carbons (Fsp3) is 0.690. The van der Waals surface area contributed by atoms with E-state index in [1.165, 1.54) is 5.56 Å². The lowest BCUT2D eigenvalue weighted by molar-refractivity contribution is -0.757. The van der Waals surface area contributed by atoms with Crippen LogP contribution in [-0.2, 0) is 35.1 Å². The number of rotatable bonds is 19. The summed E-state index contributed by atoms with van der Waals surface area (Å²) in [6.45, 7) is 6.98. The molecule has 1 atom stereocenters. The largest absolute Gasteiger partial charge is 0.465 e. The second kappa shape index (κ2) is 22.1. The Balaban J connectivity index is 0.000000470. The lowest BCUT2D eigenvalue weighted by Crippen LogP contribution is -2.43. The number of esters is 2. The van der Waals surface area contributed by atoms with Crippen molar-refractivity contribution in [1.82, 2.24) is 10.2 Å². The van der Waals surface area contributed by atoms with Gasteiger partial charge in [0, 0.05) is 24.5 Å². The van der Waals surface area contributed by atoms with Crippen LogP contribution in [0.4, 0.5) is 0 Å². The second-order valence-electron chi connectivity index (χ2n) is 9.52. The zero-order valence-corrected chi connectivity index (χ0v) is 27.0. The summed E-state index contributed by atoms with van der Waals surface area (Å²) in [5.41, 5.74) is 1.24. The Hall–Kier alpha value is -2.51. The number of benzene rings is 1. The molecule has 0 spiro atoms. The van der Waals surface area contributed by atoms with E-state index in [9.17, 15) is 24.5 Å². The first kappa shape index (κ1) is 37.5. The summed E-state index contributed by atoms with van der Waals surface area (Å²) in [4.78, 5) is 51.6. The quantitative estimate of drug-likeness (QED) is 0.100. The molecule has 1 aromatic carbocycles. The molecule has 0 radical (unpaired) electrons. The third kappa shape index (κ3) is 15.6. The van der Waals surface area contributed by atoms with Gasteiger partial charge in [-0.05, 0) is 58.1 Å². The van der Waals surface area contributed by atoms with E-state index in [0.29, 0.717) is 38.8 Å². The predicted molar refractivity (Wildman–Crippen MR) is 167 cm³/mol.